The highest BCUT2D eigenvalue weighted by Gasteiger charge is 2.22. The molecule has 0 fully saturated rings. The molecule has 2 aromatic carbocycles. The number of thiazole rings is 1. The van der Waals surface area contributed by atoms with E-state index in [-0.39, 0.29) is 5.91 Å². The highest BCUT2D eigenvalue weighted by Crippen LogP contribution is 2.36. The predicted molar refractivity (Wildman–Crippen MR) is 104 cm³/mol. The van der Waals surface area contributed by atoms with Crippen molar-refractivity contribution in [2.75, 3.05) is 0 Å². The molecule has 1 aliphatic rings. The van der Waals surface area contributed by atoms with Crippen molar-refractivity contribution >= 4 is 27.5 Å². The molecule has 7 heteroatoms. The molecule has 0 radical (unpaired) electrons. The molecular weight excluding hydrogens is 360 g/mol. The molecule has 0 spiro atoms. The van der Waals surface area contributed by atoms with Crippen molar-refractivity contribution in [3.63, 3.8) is 0 Å². The summed E-state index contributed by atoms with van der Waals surface area (Å²) in [6.07, 6.45) is 1.89. The van der Waals surface area contributed by atoms with Gasteiger partial charge in [-0.1, -0.05) is 6.07 Å². The molecule has 6 nitrogen and oxygen atoms in total. The van der Waals surface area contributed by atoms with Crippen LogP contribution in [0.1, 0.15) is 21.6 Å². The van der Waals surface area contributed by atoms with E-state index in [9.17, 15) is 4.79 Å². The van der Waals surface area contributed by atoms with Gasteiger partial charge in [-0.05, 0) is 41.5 Å². The summed E-state index contributed by atoms with van der Waals surface area (Å²) in [7, 11) is 1.88. The van der Waals surface area contributed by atoms with Gasteiger partial charge in [0.15, 0.2) is 0 Å². The molecule has 3 heterocycles. The first-order chi connectivity index (χ1) is 13.2. The molecule has 0 atom stereocenters. The van der Waals surface area contributed by atoms with Crippen molar-refractivity contribution in [3.05, 3.63) is 64.9 Å². The Hall–Kier alpha value is -3.19. The smallest absolute Gasteiger partial charge is 0.251 e. The Labute approximate surface area is 159 Å². The number of ether oxygens (including phenoxy) is 1. The molecule has 0 saturated heterocycles. The van der Waals surface area contributed by atoms with Gasteiger partial charge in [0.1, 0.15) is 12.4 Å². The van der Waals surface area contributed by atoms with Crippen molar-refractivity contribution < 1.29 is 9.53 Å². The second-order valence-electron chi connectivity index (χ2n) is 6.49. The van der Waals surface area contributed by atoms with Gasteiger partial charge >= 0.3 is 0 Å². The van der Waals surface area contributed by atoms with Crippen molar-refractivity contribution in [2.45, 2.75) is 13.2 Å². The van der Waals surface area contributed by atoms with Crippen LogP contribution in [0.15, 0.2) is 48.1 Å². The van der Waals surface area contributed by atoms with Gasteiger partial charge in [0.2, 0.25) is 0 Å². The van der Waals surface area contributed by atoms with Crippen LogP contribution in [0.5, 0.6) is 5.75 Å². The number of amides is 1. The Balaban J connectivity index is 1.58. The number of fused-ring (bicyclic) bond motifs is 2. The molecule has 0 saturated carbocycles. The van der Waals surface area contributed by atoms with E-state index in [1.807, 2.05) is 49.1 Å². The van der Waals surface area contributed by atoms with Crippen molar-refractivity contribution in [1.82, 2.24) is 20.1 Å². The third-order valence-electron chi connectivity index (χ3n) is 4.68. The lowest BCUT2D eigenvalue weighted by Crippen LogP contribution is -2.12. The van der Waals surface area contributed by atoms with E-state index in [2.05, 4.69) is 21.5 Å². The van der Waals surface area contributed by atoms with E-state index in [1.165, 1.54) is 0 Å². The molecule has 0 bridgehead atoms. The van der Waals surface area contributed by atoms with E-state index < -0.39 is 0 Å². The topological polar surface area (TPSA) is 69.0 Å². The van der Waals surface area contributed by atoms with Crippen LogP contribution >= 0.6 is 11.3 Å². The maximum atomic E-state index is 12.1. The fourth-order valence-corrected chi connectivity index (χ4v) is 4.03. The number of rotatable bonds is 4. The minimum Gasteiger partial charge on any atom is -0.487 e. The van der Waals surface area contributed by atoms with Crippen molar-refractivity contribution in [2.24, 2.45) is 7.05 Å². The summed E-state index contributed by atoms with van der Waals surface area (Å²) in [5.41, 5.74) is 7.23. The number of nitrogens with one attached hydrogen (secondary N) is 1. The van der Waals surface area contributed by atoms with E-state index in [0.29, 0.717) is 18.7 Å². The van der Waals surface area contributed by atoms with Crippen LogP contribution in [0.25, 0.3) is 21.3 Å². The van der Waals surface area contributed by atoms with Crippen molar-refractivity contribution in [3.8, 4) is 16.9 Å². The van der Waals surface area contributed by atoms with Gasteiger partial charge in [0.05, 0.1) is 21.4 Å². The van der Waals surface area contributed by atoms with Crippen LogP contribution in [-0.4, -0.2) is 20.7 Å². The third-order valence-corrected chi connectivity index (χ3v) is 5.47. The predicted octanol–water partition coefficient (Wildman–Crippen LogP) is 3.52. The lowest BCUT2D eigenvalue weighted by Gasteiger charge is -2.13. The van der Waals surface area contributed by atoms with Gasteiger partial charge in [0, 0.05) is 30.9 Å². The number of aryl methyl sites for hydroxylation is 1. The first-order valence-electron chi connectivity index (χ1n) is 8.57. The maximum Gasteiger partial charge on any atom is 0.251 e. The maximum absolute atomic E-state index is 12.1. The molecule has 1 amide bonds. The second kappa shape index (κ2) is 6.21. The summed E-state index contributed by atoms with van der Waals surface area (Å²) < 4.78 is 8.98. The number of benzene rings is 2. The average Bonchev–Trinajstić information content (AvgIpc) is 3.39. The van der Waals surface area contributed by atoms with Crippen molar-refractivity contribution in [1.29, 1.82) is 0 Å². The van der Waals surface area contributed by atoms with Crippen LogP contribution in [0.4, 0.5) is 0 Å². The summed E-state index contributed by atoms with van der Waals surface area (Å²) in [4.78, 5) is 16.5. The van der Waals surface area contributed by atoms with Gasteiger partial charge in [-0.15, -0.1) is 11.3 Å². The Kier molecular flexibility index (Phi) is 3.68. The van der Waals surface area contributed by atoms with E-state index in [1.54, 1.807) is 16.0 Å². The van der Waals surface area contributed by atoms with E-state index >= 15 is 0 Å². The SMILES string of the molecule is Cn1ccc(COc2cc3c(cc2-c2ccc4ncsc4c2)C(=O)NC3)n1. The lowest BCUT2D eigenvalue weighted by molar-refractivity contribution is 0.0966. The normalized spacial score (nSPS) is 13.0. The number of hydrogen-bond acceptors (Lipinski definition) is 5. The highest BCUT2D eigenvalue weighted by atomic mass is 32.1. The molecule has 2 aromatic heterocycles. The number of aromatic nitrogens is 3. The van der Waals surface area contributed by atoms with Gasteiger partial charge in [0.25, 0.3) is 5.91 Å². The number of hydrogen-bond donors (Lipinski definition) is 1. The molecule has 0 aliphatic carbocycles. The molecule has 1 N–H and O–H groups in total. The number of carbonyl (C=O) groups is 1. The largest absolute Gasteiger partial charge is 0.487 e. The minimum absolute atomic E-state index is 0.0404. The molecule has 134 valence electrons. The standard InChI is InChI=1S/C20H16N4O2S/c1-24-5-4-14(23-24)10-26-18-6-13-9-21-20(25)16(13)8-15(18)12-2-3-17-19(7-12)27-11-22-17/h2-8,11H,9-10H2,1H3,(H,21,25). The first kappa shape index (κ1) is 16.0. The zero-order valence-corrected chi connectivity index (χ0v) is 15.4. The Morgan fingerprint density at radius 2 is 2.15 bits per heavy atom. The highest BCUT2D eigenvalue weighted by molar-refractivity contribution is 7.16. The fourth-order valence-electron chi connectivity index (χ4n) is 3.31. The zero-order chi connectivity index (χ0) is 18.4. The fraction of sp³-hybridized carbons (Fsp3) is 0.150. The Morgan fingerprint density at radius 3 is 3.00 bits per heavy atom. The van der Waals surface area contributed by atoms with Crippen LogP contribution < -0.4 is 10.1 Å². The summed E-state index contributed by atoms with van der Waals surface area (Å²) in [6, 6.07) is 11.9. The minimum atomic E-state index is -0.0404. The zero-order valence-electron chi connectivity index (χ0n) is 14.6. The van der Waals surface area contributed by atoms with Gasteiger partial charge in [-0.25, -0.2) is 4.98 Å². The van der Waals surface area contributed by atoms with Gasteiger partial charge < -0.3 is 10.1 Å². The third kappa shape index (κ3) is 2.86. The molecule has 5 rings (SSSR count). The molecular formula is C20H16N4O2S. The Bertz CT molecular complexity index is 1180. The summed E-state index contributed by atoms with van der Waals surface area (Å²) >= 11 is 1.60. The lowest BCUT2D eigenvalue weighted by atomic mass is 9.99. The first-order valence-corrected chi connectivity index (χ1v) is 9.45. The van der Waals surface area contributed by atoms with Crippen LogP contribution in [0.2, 0.25) is 0 Å². The second-order valence-corrected chi connectivity index (χ2v) is 7.38. The van der Waals surface area contributed by atoms with Gasteiger partial charge in [-0.3, -0.25) is 9.48 Å². The summed E-state index contributed by atoms with van der Waals surface area (Å²) in [5, 5.41) is 7.24. The summed E-state index contributed by atoms with van der Waals surface area (Å²) in [6.45, 7) is 0.902. The van der Waals surface area contributed by atoms with Crippen LogP contribution in [-0.2, 0) is 20.2 Å². The molecule has 27 heavy (non-hydrogen) atoms. The number of nitrogens with zero attached hydrogens (tertiary/aromatic N) is 3. The monoisotopic (exact) mass is 376 g/mol. The molecule has 0 unspecified atom stereocenters. The average molecular weight is 376 g/mol. The molecule has 1 aliphatic heterocycles. The quantitative estimate of drug-likeness (QED) is 0.592. The Morgan fingerprint density at radius 1 is 1.22 bits per heavy atom. The molecule has 4 aromatic rings. The van der Waals surface area contributed by atoms with Gasteiger partial charge in [-0.2, -0.15) is 5.10 Å². The van der Waals surface area contributed by atoms with Crippen LogP contribution in [0.3, 0.4) is 0 Å². The van der Waals surface area contributed by atoms with Crippen LogP contribution in [0, 0.1) is 0 Å². The van der Waals surface area contributed by atoms with E-state index in [0.717, 1.165) is 38.4 Å². The summed E-state index contributed by atoms with van der Waals surface area (Å²) in [5.74, 6) is 0.709. The van der Waals surface area contributed by atoms with E-state index in [4.69, 9.17) is 4.74 Å². The number of carbonyl (C=O) groups excluding carboxylic acids is 1.